The van der Waals surface area contributed by atoms with Gasteiger partial charge in [0.05, 0.1) is 6.61 Å². The van der Waals surface area contributed by atoms with E-state index in [0.29, 0.717) is 6.04 Å². The van der Waals surface area contributed by atoms with Crippen LogP contribution in [0.2, 0.25) is 0 Å². The number of rotatable bonds is 4. The molecule has 2 nitrogen and oxygen atoms in total. The average molecular weight is 143 g/mol. The fourth-order valence-electron chi connectivity index (χ4n) is 1.41. The van der Waals surface area contributed by atoms with Crippen molar-refractivity contribution in [1.82, 2.24) is 5.32 Å². The van der Waals surface area contributed by atoms with Gasteiger partial charge in [0.2, 0.25) is 0 Å². The van der Waals surface area contributed by atoms with Gasteiger partial charge in [-0.1, -0.05) is 19.3 Å². The quantitative estimate of drug-likeness (QED) is 0.609. The van der Waals surface area contributed by atoms with E-state index in [-0.39, 0.29) is 6.61 Å². The van der Waals surface area contributed by atoms with Crippen molar-refractivity contribution in [2.24, 2.45) is 5.92 Å². The first-order valence-electron chi connectivity index (χ1n) is 4.15. The molecule has 0 aromatic rings. The summed E-state index contributed by atoms with van der Waals surface area (Å²) < 4.78 is 0. The zero-order valence-corrected chi connectivity index (χ0v) is 6.64. The lowest BCUT2D eigenvalue weighted by atomic mass is 9.81. The van der Waals surface area contributed by atoms with Crippen molar-refractivity contribution in [3.63, 3.8) is 0 Å². The van der Waals surface area contributed by atoms with Gasteiger partial charge in [0, 0.05) is 6.04 Å². The molecule has 0 amide bonds. The van der Waals surface area contributed by atoms with E-state index in [9.17, 15) is 0 Å². The molecule has 1 rings (SSSR count). The van der Waals surface area contributed by atoms with Crippen LogP contribution >= 0.6 is 0 Å². The van der Waals surface area contributed by atoms with Gasteiger partial charge < -0.3 is 10.4 Å². The summed E-state index contributed by atoms with van der Waals surface area (Å²) in [5, 5.41) is 11.9. The van der Waals surface area contributed by atoms with E-state index in [0.717, 1.165) is 12.3 Å². The monoisotopic (exact) mass is 143 g/mol. The third-order valence-corrected chi connectivity index (χ3v) is 2.47. The van der Waals surface area contributed by atoms with Crippen LogP contribution in [0.25, 0.3) is 0 Å². The van der Waals surface area contributed by atoms with E-state index in [2.05, 4.69) is 5.32 Å². The second-order valence-corrected chi connectivity index (χ2v) is 3.20. The van der Waals surface area contributed by atoms with Gasteiger partial charge in [-0.3, -0.25) is 0 Å². The summed E-state index contributed by atoms with van der Waals surface area (Å²) in [4.78, 5) is 0. The van der Waals surface area contributed by atoms with Crippen molar-refractivity contribution in [1.29, 1.82) is 0 Å². The summed E-state index contributed by atoms with van der Waals surface area (Å²) in [5.41, 5.74) is 0. The maximum atomic E-state index is 8.83. The van der Waals surface area contributed by atoms with Crippen molar-refractivity contribution in [2.75, 3.05) is 13.7 Å². The number of aliphatic hydroxyl groups excluding tert-OH is 1. The van der Waals surface area contributed by atoms with Gasteiger partial charge in [0.1, 0.15) is 0 Å². The van der Waals surface area contributed by atoms with E-state index < -0.39 is 0 Å². The van der Waals surface area contributed by atoms with Crippen LogP contribution < -0.4 is 5.32 Å². The van der Waals surface area contributed by atoms with Crippen LogP contribution in [0, 0.1) is 5.92 Å². The number of nitrogens with one attached hydrogen (secondary N) is 1. The summed E-state index contributed by atoms with van der Waals surface area (Å²) in [6.45, 7) is 0.285. The SMILES string of the molecule is CNC(CO)CC1CCC1. The molecule has 0 aromatic carbocycles. The highest BCUT2D eigenvalue weighted by atomic mass is 16.3. The molecule has 2 N–H and O–H groups in total. The molecule has 0 radical (unpaired) electrons. The molecule has 1 aliphatic rings. The summed E-state index contributed by atoms with van der Waals surface area (Å²) in [6.07, 6.45) is 5.30. The minimum atomic E-state index is 0.285. The Kier molecular flexibility index (Phi) is 3.16. The molecule has 1 fully saturated rings. The third-order valence-electron chi connectivity index (χ3n) is 2.47. The van der Waals surface area contributed by atoms with Crippen LogP contribution in [0.15, 0.2) is 0 Å². The number of aliphatic hydroxyl groups is 1. The lowest BCUT2D eigenvalue weighted by Gasteiger charge is -2.28. The van der Waals surface area contributed by atoms with E-state index in [1.165, 1.54) is 19.3 Å². The second-order valence-electron chi connectivity index (χ2n) is 3.20. The second kappa shape index (κ2) is 3.94. The van der Waals surface area contributed by atoms with E-state index >= 15 is 0 Å². The Labute approximate surface area is 62.6 Å². The molecule has 0 saturated heterocycles. The molecule has 0 aromatic heterocycles. The van der Waals surface area contributed by atoms with Gasteiger partial charge in [0.25, 0.3) is 0 Å². The molecule has 1 unspecified atom stereocenters. The summed E-state index contributed by atoms with van der Waals surface area (Å²) in [7, 11) is 1.92. The molecule has 2 heteroatoms. The lowest BCUT2D eigenvalue weighted by molar-refractivity contribution is 0.195. The number of hydrogen-bond donors (Lipinski definition) is 2. The summed E-state index contributed by atoms with van der Waals surface area (Å²) >= 11 is 0. The highest BCUT2D eigenvalue weighted by molar-refractivity contribution is 4.75. The Balaban J connectivity index is 2.08. The predicted molar refractivity (Wildman–Crippen MR) is 41.9 cm³/mol. The molecule has 10 heavy (non-hydrogen) atoms. The molecular weight excluding hydrogens is 126 g/mol. The van der Waals surface area contributed by atoms with Gasteiger partial charge in [-0.2, -0.15) is 0 Å². The lowest BCUT2D eigenvalue weighted by Crippen LogP contribution is -2.32. The van der Waals surface area contributed by atoms with Crippen LogP contribution in [-0.2, 0) is 0 Å². The van der Waals surface area contributed by atoms with Crippen molar-refractivity contribution in [3.8, 4) is 0 Å². The van der Waals surface area contributed by atoms with Gasteiger partial charge in [-0.15, -0.1) is 0 Å². The predicted octanol–water partition coefficient (Wildman–Crippen LogP) is 0.757. The highest BCUT2D eigenvalue weighted by Gasteiger charge is 2.20. The minimum absolute atomic E-state index is 0.285. The van der Waals surface area contributed by atoms with E-state index in [4.69, 9.17) is 5.11 Å². The fraction of sp³-hybridized carbons (Fsp3) is 1.00. The Hall–Kier alpha value is -0.0800. The van der Waals surface area contributed by atoms with Crippen molar-refractivity contribution in [3.05, 3.63) is 0 Å². The molecule has 1 atom stereocenters. The molecule has 0 aliphatic heterocycles. The van der Waals surface area contributed by atoms with E-state index in [1.54, 1.807) is 0 Å². The van der Waals surface area contributed by atoms with Crippen LogP contribution in [-0.4, -0.2) is 24.8 Å². The molecule has 0 spiro atoms. The first kappa shape index (κ1) is 8.02. The Bertz CT molecular complexity index is 87.3. The van der Waals surface area contributed by atoms with Gasteiger partial charge in [-0.05, 0) is 19.4 Å². The van der Waals surface area contributed by atoms with Gasteiger partial charge in [0.15, 0.2) is 0 Å². The van der Waals surface area contributed by atoms with Crippen molar-refractivity contribution in [2.45, 2.75) is 31.7 Å². The summed E-state index contributed by atoms with van der Waals surface area (Å²) in [6, 6.07) is 0.338. The number of hydrogen-bond acceptors (Lipinski definition) is 2. The normalized spacial score (nSPS) is 22.2. The molecule has 1 saturated carbocycles. The fourth-order valence-corrected chi connectivity index (χ4v) is 1.41. The Morgan fingerprint density at radius 2 is 2.30 bits per heavy atom. The molecule has 1 aliphatic carbocycles. The smallest absolute Gasteiger partial charge is 0.0584 e. The zero-order valence-electron chi connectivity index (χ0n) is 6.64. The average Bonchev–Trinajstić information content (AvgIpc) is 1.87. The standard InChI is InChI=1S/C8H17NO/c1-9-8(6-10)5-7-3-2-4-7/h7-10H,2-6H2,1H3. The minimum Gasteiger partial charge on any atom is -0.395 e. The number of likely N-dealkylation sites (N-methyl/N-ethyl adjacent to an activating group) is 1. The van der Waals surface area contributed by atoms with Gasteiger partial charge in [-0.25, -0.2) is 0 Å². The van der Waals surface area contributed by atoms with Crippen molar-refractivity contribution < 1.29 is 5.11 Å². The summed E-state index contributed by atoms with van der Waals surface area (Å²) in [5.74, 6) is 0.893. The first-order chi connectivity index (χ1) is 4.86. The van der Waals surface area contributed by atoms with E-state index in [1.807, 2.05) is 7.05 Å². The zero-order chi connectivity index (χ0) is 7.40. The molecule has 0 bridgehead atoms. The first-order valence-corrected chi connectivity index (χ1v) is 4.15. The van der Waals surface area contributed by atoms with Crippen LogP contribution in [0.4, 0.5) is 0 Å². The van der Waals surface area contributed by atoms with Crippen LogP contribution in [0.1, 0.15) is 25.7 Å². The topological polar surface area (TPSA) is 32.3 Å². The third kappa shape index (κ3) is 1.96. The Morgan fingerprint density at radius 1 is 1.60 bits per heavy atom. The maximum Gasteiger partial charge on any atom is 0.0584 e. The molecule has 0 heterocycles. The highest BCUT2D eigenvalue weighted by Crippen LogP contribution is 2.30. The van der Waals surface area contributed by atoms with Crippen molar-refractivity contribution >= 4 is 0 Å². The Morgan fingerprint density at radius 3 is 2.60 bits per heavy atom. The largest absolute Gasteiger partial charge is 0.395 e. The van der Waals surface area contributed by atoms with Gasteiger partial charge >= 0.3 is 0 Å². The molecule has 60 valence electrons. The van der Waals surface area contributed by atoms with Crippen LogP contribution in [0.5, 0.6) is 0 Å². The van der Waals surface area contributed by atoms with Crippen LogP contribution in [0.3, 0.4) is 0 Å². The maximum absolute atomic E-state index is 8.83. The molecular formula is C8H17NO.